The van der Waals surface area contributed by atoms with Crippen molar-refractivity contribution in [2.75, 3.05) is 70.8 Å². The van der Waals surface area contributed by atoms with E-state index in [1.54, 1.807) is 36.4 Å². The van der Waals surface area contributed by atoms with Crippen LogP contribution in [0.25, 0.3) is 10.9 Å². The zero-order chi connectivity index (χ0) is 43.9. The third kappa shape index (κ3) is 9.39. The molecule has 0 radical (unpaired) electrons. The number of carbonyl (C=O) groups is 5. The van der Waals surface area contributed by atoms with Crippen molar-refractivity contribution in [1.29, 1.82) is 5.26 Å². The Labute approximate surface area is 366 Å². The first-order valence-electron chi connectivity index (χ1n) is 20.0. The van der Waals surface area contributed by atoms with E-state index in [0.29, 0.717) is 87.8 Å². The molecule has 19 heteroatoms. The number of rotatable bonds is 18. The van der Waals surface area contributed by atoms with Crippen LogP contribution in [0.4, 0.5) is 17.1 Å². The third-order valence-corrected chi connectivity index (χ3v) is 11.6. The van der Waals surface area contributed by atoms with Crippen molar-refractivity contribution >= 4 is 81.1 Å². The minimum absolute atomic E-state index is 0.0139. The molecule has 62 heavy (non-hydrogen) atoms. The quantitative estimate of drug-likeness (QED) is 0.0606. The molecule has 324 valence electrons. The Morgan fingerprint density at radius 2 is 1.84 bits per heavy atom. The average molecular weight is 888 g/mol. The molecular formula is C43H44Cl2N8O9. The van der Waals surface area contributed by atoms with E-state index in [-0.39, 0.29) is 48.7 Å². The Hall–Kier alpha value is -6.03. The van der Waals surface area contributed by atoms with Gasteiger partial charge < -0.3 is 39.7 Å². The zero-order valence-corrected chi connectivity index (χ0v) is 35.4. The van der Waals surface area contributed by atoms with E-state index < -0.39 is 35.8 Å². The second-order valence-corrected chi connectivity index (χ2v) is 15.6. The molecule has 3 aliphatic heterocycles. The molecule has 4 heterocycles. The van der Waals surface area contributed by atoms with Crippen LogP contribution in [0, 0.1) is 11.3 Å². The SMILES string of the molecule is COc1cc(Nc2c(C#N)cnc3cc(OCCCN4CCNCC4CC(C=O)OCCNc4cccc5c4C(=O)N(C4CCC(=O)NC4=O)C5=O)c(OC)cc23)c(Cl)cc1Cl. The van der Waals surface area contributed by atoms with Crippen molar-refractivity contribution in [2.24, 2.45) is 0 Å². The molecule has 3 aromatic carbocycles. The first kappa shape index (κ1) is 44.0. The smallest absolute Gasteiger partial charge is 0.264 e. The molecular weight excluding hydrogens is 843 g/mol. The molecule has 0 saturated carbocycles. The van der Waals surface area contributed by atoms with Crippen molar-refractivity contribution in [3.63, 3.8) is 0 Å². The second-order valence-electron chi connectivity index (χ2n) is 14.7. The summed E-state index contributed by atoms with van der Waals surface area (Å²) in [5.41, 5.74) is 2.52. The Morgan fingerprint density at radius 1 is 1.02 bits per heavy atom. The van der Waals surface area contributed by atoms with Crippen molar-refractivity contribution < 1.29 is 42.9 Å². The molecule has 4 amide bonds. The lowest BCUT2D eigenvalue weighted by atomic mass is 10.0. The number of hydrogen-bond donors (Lipinski definition) is 4. The predicted octanol–water partition coefficient (Wildman–Crippen LogP) is 4.70. The second kappa shape index (κ2) is 19.8. The summed E-state index contributed by atoms with van der Waals surface area (Å²) >= 11 is 12.7. The summed E-state index contributed by atoms with van der Waals surface area (Å²) in [6, 6.07) is 12.7. The van der Waals surface area contributed by atoms with Crippen LogP contribution in [-0.2, 0) is 19.1 Å². The fraction of sp³-hybridized carbons (Fsp3) is 0.372. The van der Waals surface area contributed by atoms with Gasteiger partial charge in [0.05, 0.1) is 71.1 Å². The van der Waals surface area contributed by atoms with E-state index in [1.807, 2.05) is 0 Å². The minimum Gasteiger partial charge on any atom is -0.495 e. The van der Waals surface area contributed by atoms with Gasteiger partial charge in [-0.25, -0.2) is 0 Å². The van der Waals surface area contributed by atoms with Crippen LogP contribution < -0.4 is 35.5 Å². The first-order chi connectivity index (χ1) is 30.0. The van der Waals surface area contributed by atoms with Crippen molar-refractivity contribution in [2.45, 2.75) is 43.9 Å². The van der Waals surface area contributed by atoms with Gasteiger partial charge in [0.15, 0.2) is 11.5 Å². The molecule has 2 fully saturated rings. The van der Waals surface area contributed by atoms with E-state index in [2.05, 4.69) is 37.2 Å². The number of anilines is 3. The van der Waals surface area contributed by atoms with Gasteiger partial charge in [-0.1, -0.05) is 29.3 Å². The molecule has 4 N–H and O–H groups in total. The third-order valence-electron chi connectivity index (χ3n) is 11.0. The first-order valence-corrected chi connectivity index (χ1v) is 20.7. The number of amides is 4. The summed E-state index contributed by atoms with van der Waals surface area (Å²) in [5, 5.41) is 23.2. The molecule has 3 aliphatic rings. The number of aromatic nitrogens is 1. The number of pyridine rings is 1. The van der Waals surface area contributed by atoms with Gasteiger partial charge in [0.25, 0.3) is 11.8 Å². The lowest BCUT2D eigenvalue weighted by Gasteiger charge is -2.37. The van der Waals surface area contributed by atoms with E-state index in [0.717, 1.165) is 24.3 Å². The number of benzene rings is 3. The molecule has 17 nitrogen and oxygen atoms in total. The van der Waals surface area contributed by atoms with Gasteiger partial charge in [0.2, 0.25) is 11.8 Å². The van der Waals surface area contributed by atoms with Crippen molar-refractivity contribution in [3.8, 4) is 23.3 Å². The van der Waals surface area contributed by atoms with Crippen LogP contribution in [0.5, 0.6) is 17.2 Å². The van der Waals surface area contributed by atoms with Gasteiger partial charge in [-0.3, -0.25) is 39.3 Å². The summed E-state index contributed by atoms with van der Waals surface area (Å²) in [4.78, 5) is 70.7. The van der Waals surface area contributed by atoms with Gasteiger partial charge >= 0.3 is 0 Å². The topological polar surface area (TPSA) is 214 Å². The van der Waals surface area contributed by atoms with Gasteiger partial charge in [-0.2, -0.15) is 5.26 Å². The summed E-state index contributed by atoms with van der Waals surface area (Å²) in [6.07, 6.45) is 2.78. The van der Waals surface area contributed by atoms with Gasteiger partial charge in [0.1, 0.15) is 30.3 Å². The number of fused-ring (bicyclic) bond motifs is 2. The molecule has 2 saturated heterocycles. The number of methoxy groups -OCH3 is 2. The molecule has 1 aromatic heterocycles. The lowest BCUT2D eigenvalue weighted by molar-refractivity contribution is -0.136. The largest absolute Gasteiger partial charge is 0.495 e. The average Bonchev–Trinajstić information content (AvgIpc) is 3.53. The maximum absolute atomic E-state index is 13.4. The Morgan fingerprint density at radius 3 is 2.60 bits per heavy atom. The maximum atomic E-state index is 13.4. The number of piperazine rings is 1. The molecule has 4 aromatic rings. The standard InChI is InChI=1S/C43H44Cl2N8O9/c1-59-35-19-33(29(44)17-30(35)45)50-40-24(20-46)21-49-32-18-37(36(60-2)16-28(32)40)62-13-4-11-52-12-9-47-22-25(52)15-26(23-54)61-14-10-48-31-6-3-5-27-39(31)43(58)53(42(27)57)34-7-8-38(55)51-41(34)56/h3,5-6,16-19,21,23,25-26,34,47-48H,4,7-15,22H2,1-2H3,(H,49,50)(H,51,55,56). The number of nitrogens with zero attached hydrogens (tertiary/aromatic N) is 4. The zero-order valence-electron chi connectivity index (χ0n) is 33.9. The van der Waals surface area contributed by atoms with Crippen LogP contribution in [0.3, 0.4) is 0 Å². The highest BCUT2D eigenvalue weighted by Gasteiger charge is 2.45. The van der Waals surface area contributed by atoms with E-state index in [9.17, 15) is 29.2 Å². The summed E-state index contributed by atoms with van der Waals surface area (Å²) in [6.45, 7) is 3.66. The number of carbonyl (C=O) groups excluding carboxylic acids is 5. The number of hydrogen-bond acceptors (Lipinski definition) is 15. The summed E-state index contributed by atoms with van der Waals surface area (Å²) < 4.78 is 23.3. The van der Waals surface area contributed by atoms with Crippen LogP contribution in [0.2, 0.25) is 10.0 Å². The molecule has 3 atom stereocenters. The molecule has 0 bridgehead atoms. The fourth-order valence-electron chi connectivity index (χ4n) is 7.88. The summed E-state index contributed by atoms with van der Waals surface area (Å²) in [7, 11) is 3.03. The van der Waals surface area contributed by atoms with Crippen molar-refractivity contribution in [1.82, 2.24) is 25.4 Å². The number of imide groups is 2. The number of aldehydes is 1. The number of nitriles is 1. The van der Waals surface area contributed by atoms with Crippen LogP contribution >= 0.6 is 23.2 Å². The van der Waals surface area contributed by atoms with Crippen LogP contribution in [0.1, 0.15) is 52.0 Å². The minimum atomic E-state index is -1.07. The molecule has 3 unspecified atom stereocenters. The number of piperidine rings is 1. The van der Waals surface area contributed by atoms with Crippen molar-refractivity contribution in [3.05, 3.63) is 75.4 Å². The van der Waals surface area contributed by atoms with E-state index >= 15 is 0 Å². The summed E-state index contributed by atoms with van der Waals surface area (Å²) in [5.74, 6) is -0.982. The number of ether oxygens (including phenoxy) is 4. The van der Waals surface area contributed by atoms with Gasteiger partial charge in [-0.15, -0.1) is 0 Å². The van der Waals surface area contributed by atoms with Crippen LogP contribution in [0.15, 0.2) is 48.7 Å². The molecule has 0 spiro atoms. The molecule has 7 rings (SSSR count). The number of nitrogens with one attached hydrogen (secondary N) is 4. The Balaban J connectivity index is 0.923. The normalized spacial score (nSPS) is 18.2. The lowest BCUT2D eigenvalue weighted by Crippen LogP contribution is -2.54. The highest BCUT2D eigenvalue weighted by molar-refractivity contribution is 6.37. The van der Waals surface area contributed by atoms with E-state index in [1.165, 1.54) is 26.5 Å². The number of halogens is 2. The predicted molar refractivity (Wildman–Crippen MR) is 230 cm³/mol. The fourth-order valence-corrected chi connectivity index (χ4v) is 8.38. The van der Waals surface area contributed by atoms with Gasteiger partial charge in [0, 0.05) is 74.6 Å². The Bertz CT molecular complexity index is 2450. The maximum Gasteiger partial charge on any atom is 0.264 e. The molecule has 0 aliphatic carbocycles. The van der Waals surface area contributed by atoms with E-state index in [4.69, 9.17) is 42.1 Å². The van der Waals surface area contributed by atoms with Gasteiger partial charge in [-0.05, 0) is 43.5 Å². The highest BCUT2D eigenvalue weighted by Crippen LogP contribution is 2.41. The Kier molecular flexibility index (Phi) is 14.1. The monoisotopic (exact) mass is 886 g/mol. The highest BCUT2D eigenvalue weighted by atomic mass is 35.5. The van der Waals surface area contributed by atoms with Crippen LogP contribution in [-0.4, -0.2) is 123 Å².